The van der Waals surface area contributed by atoms with E-state index in [4.69, 9.17) is 9.26 Å². The third kappa shape index (κ3) is 5.50. The lowest BCUT2D eigenvalue weighted by molar-refractivity contribution is 0.216. The first-order valence-corrected chi connectivity index (χ1v) is 12.4. The molecule has 0 aliphatic carbocycles. The first-order chi connectivity index (χ1) is 14.1. The number of sulfone groups is 1. The van der Waals surface area contributed by atoms with Crippen LogP contribution in [0.1, 0.15) is 57.5 Å². The van der Waals surface area contributed by atoms with E-state index >= 15 is 0 Å². The van der Waals surface area contributed by atoms with Crippen LogP contribution in [0, 0.1) is 18.8 Å². The number of nitrogens with zero attached hydrogens (tertiary/aromatic N) is 4. The van der Waals surface area contributed by atoms with Gasteiger partial charge in [0.15, 0.2) is 15.7 Å². The van der Waals surface area contributed by atoms with E-state index in [0.717, 1.165) is 38.2 Å². The minimum absolute atomic E-state index is 0.247. The average Bonchev–Trinajstić information content (AvgIpc) is 3.18. The molecule has 1 aliphatic rings. The lowest BCUT2D eigenvalue weighted by Gasteiger charge is -2.33. The average molecular weight is 437 g/mol. The molecule has 2 aromatic rings. The van der Waals surface area contributed by atoms with Gasteiger partial charge in [0.25, 0.3) is 0 Å². The zero-order chi connectivity index (χ0) is 21.9. The van der Waals surface area contributed by atoms with E-state index in [2.05, 4.69) is 40.8 Å². The second-order valence-electron chi connectivity index (χ2n) is 8.53. The van der Waals surface area contributed by atoms with Crippen LogP contribution in [0.5, 0.6) is 5.88 Å². The molecule has 0 radical (unpaired) electrons. The summed E-state index contributed by atoms with van der Waals surface area (Å²) in [5.41, 5.74) is 0.470. The van der Waals surface area contributed by atoms with E-state index in [1.807, 2.05) is 0 Å². The molecule has 0 spiro atoms. The van der Waals surface area contributed by atoms with Crippen molar-refractivity contribution < 1.29 is 17.7 Å². The lowest BCUT2D eigenvalue weighted by atomic mass is 9.84. The van der Waals surface area contributed by atoms with Crippen LogP contribution in [0.15, 0.2) is 21.6 Å². The van der Waals surface area contributed by atoms with Gasteiger partial charge < -0.3 is 14.2 Å². The molecule has 166 valence electrons. The molecule has 0 unspecified atom stereocenters. The van der Waals surface area contributed by atoms with Crippen molar-refractivity contribution in [3.8, 4) is 5.88 Å². The van der Waals surface area contributed by atoms with Gasteiger partial charge in [0, 0.05) is 31.3 Å². The van der Waals surface area contributed by atoms with Crippen LogP contribution in [-0.4, -0.2) is 49.5 Å². The maximum absolute atomic E-state index is 11.7. The Labute approximate surface area is 178 Å². The van der Waals surface area contributed by atoms with Crippen molar-refractivity contribution in [3.05, 3.63) is 23.7 Å². The smallest absolute Gasteiger partial charge is 0.324 e. The molecule has 3 rings (SSSR count). The minimum atomic E-state index is -3.26. The molecular formula is C21H32N4O4S. The fraction of sp³-hybridized carbons (Fsp3) is 0.667. The first kappa shape index (κ1) is 22.5. The molecule has 9 heteroatoms. The number of aryl methyl sites for hydroxylation is 1. The number of pyridine rings is 1. The van der Waals surface area contributed by atoms with Gasteiger partial charge in [-0.05, 0) is 44.1 Å². The lowest BCUT2D eigenvalue weighted by Crippen LogP contribution is -2.36. The third-order valence-electron chi connectivity index (χ3n) is 5.80. The highest BCUT2D eigenvalue weighted by molar-refractivity contribution is 7.90. The zero-order valence-corrected chi connectivity index (χ0v) is 19.3. The van der Waals surface area contributed by atoms with Crippen LogP contribution >= 0.6 is 0 Å². The number of anilines is 1. The summed E-state index contributed by atoms with van der Waals surface area (Å²) >= 11 is 0. The van der Waals surface area contributed by atoms with Gasteiger partial charge in [-0.2, -0.15) is 4.98 Å². The maximum Gasteiger partial charge on any atom is 0.324 e. The van der Waals surface area contributed by atoms with E-state index in [-0.39, 0.29) is 10.8 Å². The highest BCUT2D eigenvalue weighted by atomic mass is 32.2. The van der Waals surface area contributed by atoms with Gasteiger partial charge in [0.05, 0.1) is 17.2 Å². The van der Waals surface area contributed by atoms with Crippen LogP contribution in [0.3, 0.4) is 0 Å². The number of aromatic nitrogens is 3. The summed E-state index contributed by atoms with van der Waals surface area (Å²) in [6.07, 6.45) is 4.28. The van der Waals surface area contributed by atoms with E-state index < -0.39 is 9.84 Å². The highest BCUT2D eigenvalue weighted by Crippen LogP contribution is 2.29. The molecule has 2 aromatic heterocycles. The van der Waals surface area contributed by atoms with Crippen molar-refractivity contribution in [1.82, 2.24) is 15.1 Å². The Kier molecular flexibility index (Phi) is 7.00. The Bertz CT molecular complexity index is 950. The maximum atomic E-state index is 11.7. The quantitative estimate of drug-likeness (QED) is 0.619. The number of rotatable bonds is 8. The predicted octanol–water partition coefficient (Wildman–Crippen LogP) is 3.62. The van der Waals surface area contributed by atoms with Gasteiger partial charge in [0.2, 0.25) is 5.88 Å². The number of hydrogen-bond donors (Lipinski definition) is 0. The van der Waals surface area contributed by atoms with Gasteiger partial charge >= 0.3 is 6.01 Å². The van der Waals surface area contributed by atoms with Crippen molar-refractivity contribution in [2.24, 2.45) is 11.8 Å². The van der Waals surface area contributed by atoms with Gasteiger partial charge in [-0.15, -0.1) is 0 Å². The van der Waals surface area contributed by atoms with Crippen molar-refractivity contribution in [1.29, 1.82) is 0 Å². The Morgan fingerprint density at radius 1 is 1.20 bits per heavy atom. The summed E-state index contributed by atoms with van der Waals surface area (Å²) in [4.78, 5) is 11.2. The molecule has 0 amide bonds. The molecule has 8 nitrogen and oxygen atoms in total. The highest BCUT2D eigenvalue weighted by Gasteiger charge is 2.26. The summed E-state index contributed by atoms with van der Waals surface area (Å²) in [6.45, 7) is 10.5. The van der Waals surface area contributed by atoms with Gasteiger partial charge in [0.1, 0.15) is 0 Å². The van der Waals surface area contributed by atoms with E-state index in [1.165, 1.54) is 6.26 Å². The predicted molar refractivity (Wildman–Crippen MR) is 115 cm³/mol. The molecule has 1 aliphatic heterocycles. The number of piperidine rings is 1. The molecule has 1 atom stereocenters. The SMILES string of the molecule is Cc1nc(OCC[C@@H](C)C2CCN(c3nc(C(C)C)no3)CC2)ccc1S(C)(=O)=O. The third-order valence-corrected chi connectivity index (χ3v) is 7.03. The Hall–Kier alpha value is -2.16. The van der Waals surface area contributed by atoms with Gasteiger partial charge in [-0.3, -0.25) is 0 Å². The zero-order valence-electron chi connectivity index (χ0n) is 18.5. The Balaban J connectivity index is 1.45. The fourth-order valence-electron chi connectivity index (χ4n) is 3.83. The normalized spacial score (nSPS) is 16.8. The van der Waals surface area contributed by atoms with Gasteiger partial charge in [-0.25, -0.2) is 13.4 Å². The van der Waals surface area contributed by atoms with Crippen LogP contribution < -0.4 is 9.64 Å². The van der Waals surface area contributed by atoms with Crippen LogP contribution in [0.4, 0.5) is 6.01 Å². The largest absolute Gasteiger partial charge is 0.478 e. The Morgan fingerprint density at radius 2 is 1.90 bits per heavy atom. The molecule has 0 aromatic carbocycles. The van der Waals surface area contributed by atoms with Crippen molar-refractivity contribution >= 4 is 15.9 Å². The Morgan fingerprint density at radius 3 is 2.47 bits per heavy atom. The molecule has 1 saturated heterocycles. The summed E-state index contributed by atoms with van der Waals surface area (Å²) in [5, 5.41) is 4.06. The topological polar surface area (TPSA) is 98.4 Å². The fourth-order valence-corrected chi connectivity index (χ4v) is 4.73. The van der Waals surface area contributed by atoms with E-state index in [9.17, 15) is 8.42 Å². The van der Waals surface area contributed by atoms with Crippen LogP contribution in [-0.2, 0) is 9.84 Å². The summed E-state index contributed by atoms with van der Waals surface area (Å²) in [7, 11) is -3.26. The summed E-state index contributed by atoms with van der Waals surface area (Å²) < 4.78 is 34.6. The van der Waals surface area contributed by atoms with Crippen LogP contribution in [0.2, 0.25) is 0 Å². The van der Waals surface area contributed by atoms with Crippen molar-refractivity contribution in [2.75, 3.05) is 30.9 Å². The molecule has 1 fully saturated rings. The summed E-state index contributed by atoms with van der Waals surface area (Å²) in [6, 6.07) is 3.82. The second-order valence-corrected chi connectivity index (χ2v) is 10.5. The standard InChI is InChI=1S/C21H32N4O4S/c1-14(2)20-23-21(29-24-20)25-11-8-17(9-12-25)15(3)10-13-28-19-7-6-18(16(4)22-19)30(5,26)27/h6-7,14-15,17H,8-13H2,1-5H3/t15-/m1/s1. The molecular weight excluding hydrogens is 404 g/mol. The molecule has 30 heavy (non-hydrogen) atoms. The number of ether oxygens (including phenoxy) is 1. The molecule has 3 heterocycles. The van der Waals surface area contributed by atoms with Gasteiger partial charge in [-0.1, -0.05) is 25.9 Å². The summed E-state index contributed by atoms with van der Waals surface area (Å²) in [5.74, 6) is 2.64. The first-order valence-electron chi connectivity index (χ1n) is 10.5. The van der Waals surface area contributed by atoms with E-state index in [1.54, 1.807) is 19.1 Å². The monoisotopic (exact) mass is 436 g/mol. The molecule has 0 saturated carbocycles. The van der Waals surface area contributed by atoms with E-state index in [0.29, 0.717) is 36.0 Å². The molecule has 0 bridgehead atoms. The molecule has 0 N–H and O–H groups in total. The van der Waals surface area contributed by atoms with Crippen molar-refractivity contribution in [2.45, 2.75) is 57.8 Å². The van der Waals surface area contributed by atoms with Crippen molar-refractivity contribution in [3.63, 3.8) is 0 Å². The second kappa shape index (κ2) is 9.32. The van der Waals surface area contributed by atoms with Crippen LogP contribution in [0.25, 0.3) is 0 Å². The minimum Gasteiger partial charge on any atom is -0.478 e. The number of hydrogen-bond acceptors (Lipinski definition) is 8.